The summed E-state index contributed by atoms with van der Waals surface area (Å²) in [6, 6.07) is 18.1. The van der Waals surface area contributed by atoms with E-state index in [2.05, 4.69) is 31.2 Å². The zero-order valence-electron chi connectivity index (χ0n) is 22.0. The number of carbonyl (C=O) groups excluding carboxylic acids is 1. The molecular weight excluding hydrogens is 495 g/mol. The number of nitrogens with one attached hydrogen (secondary N) is 1. The van der Waals surface area contributed by atoms with E-state index in [1.807, 2.05) is 67.1 Å². The van der Waals surface area contributed by atoms with Crippen LogP contribution < -0.4 is 15.1 Å². The van der Waals surface area contributed by atoms with Gasteiger partial charge in [0.2, 0.25) is 5.95 Å². The van der Waals surface area contributed by atoms with Crippen LogP contribution in [-0.4, -0.2) is 51.2 Å². The number of fused-ring (bicyclic) bond motifs is 3. The molecule has 0 spiro atoms. The number of carbonyl (C=O) groups is 1. The van der Waals surface area contributed by atoms with Crippen LogP contribution in [0.4, 0.5) is 21.7 Å². The zero-order valence-corrected chi connectivity index (χ0v) is 22.0. The molecule has 0 saturated carbocycles. The highest BCUT2D eigenvalue weighted by molar-refractivity contribution is 5.96. The van der Waals surface area contributed by atoms with E-state index < -0.39 is 17.8 Å². The molecule has 2 aliphatic heterocycles. The fourth-order valence-corrected chi connectivity index (χ4v) is 5.80. The number of piperazine rings is 1. The molecule has 1 fully saturated rings. The molecule has 0 aliphatic carbocycles. The summed E-state index contributed by atoms with van der Waals surface area (Å²) in [5, 5.41) is 14.1. The lowest BCUT2D eigenvalue weighted by Gasteiger charge is -2.46. The molecule has 2 aromatic carbocycles. The second kappa shape index (κ2) is 10.1. The largest absolute Gasteiger partial charge is 0.377 e. The van der Waals surface area contributed by atoms with Gasteiger partial charge in [-0.1, -0.05) is 30.3 Å². The Balaban J connectivity index is 1.17. The monoisotopic (exact) mass is 526 g/mol. The predicted molar refractivity (Wildman–Crippen MR) is 149 cm³/mol. The molecule has 1 saturated heterocycles. The number of halogens is 1. The zero-order chi connectivity index (χ0) is 27.1. The SMILES string of the molecule is Cc1cc(-c2ccccc2)c(C(O)C(=O)Nc2ccc3c(c2)CCC2CN(c4ncc(F)cn4)CCN32)n1C. The van der Waals surface area contributed by atoms with Crippen LogP contribution in [-0.2, 0) is 18.3 Å². The smallest absolute Gasteiger partial charge is 0.259 e. The molecule has 0 radical (unpaired) electrons. The second-order valence-electron chi connectivity index (χ2n) is 10.3. The van der Waals surface area contributed by atoms with E-state index in [9.17, 15) is 14.3 Å². The van der Waals surface area contributed by atoms with Gasteiger partial charge in [0.15, 0.2) is 11.9 Å². The summed E-state index contributed by atoms with van der Waals surface area (Å²) in [7, 11) is 1.87. The molecule has 2 N–H and O–H groups in total. The van der Waals surface area contributed by atoms with Crippen molar-refractivity contribution in [1.82, 2.24) is 14.5 Å². The molecule has 0 bridgehead atoms. The quantitative estimate of drug-likeness (QED) is 0.405. The van der Waals surface area contributed by atoms with Gasteiger partial charge in [0.1, 0.15) is 0 Å². The number of hydrogen-bond donors (Lipinski definition) is 2. The molecule has 6 rings (SSSR count). The first-order valence-corrected chi connectivity index (χ1v) is 13.2. The van der Waals surface area contributed by atoms with Crippen LogP contribution >= 0.6 is 0 Å². The highest BCUT2D eigenvalue weighted by atomic mass is 19.1. The first-order valence-electron chi connectivity index (χ1n) is 13.2. The number of benzene rings is 2. The Labute approximate surface area is 226 Å². The number of rotatable bonds is 5. The normalized spacial score (nSPS) is 17.4. The summed E-state index contributed by atoms with van der Waals surface area (Å²) in [6.45, 7) is 4.28. The summed E-state index contributed by atoms with van der Waals surface area (Å²) in [5.74, 6) is -0.341. The van der Waals surface area contributed by atoms with Crippen molar-refractivity contribution < 1.29 is 14.3 Å². The summed E-state index contributed by atoms with van der Waals surface area (Å²) < 4.78 is 15.1. The first-order chi connectivity index (χ1) is 18.9. The van der Waals surface area contributed by atoms with E-state index >= 15 is 0 Å². The van der Waals surface area contributed by atoms with Crippen LogP contribution in [0.2, 0.25) is 0 Å². The Hall–Kier alpha value is -4.24. The van der Waals surface area contributed by atoms with E-state index in [0.29, 0.717) is 23.4 Å². The maximum absolute atomic E-state index is 13.2. The van der Waals surface area contributed by atoms with Crippen molar-refractivity contribution in [2.45, 2.75) is 31.9 Å². The first kappa shape index (κ1) is 25.1. The van der Waals surface area contributed by atoms with Crippen molar-refractivity contribution in [1.29, 1.82) is 0 Å². The molecule has 8 nitrogen and oxygen atoms in total. The third-order valence-electron chi connectivity index (χ3n) is 7.89. The van der Waals surface area contributed by atoms with Gasteiger partial charge in [0.05, 0.1) is 18.1 Å². The van der Waals surface area contributed by atoms with Gasteiger partial charge in [-0.15, -0.1) is 0 Å². The van der Waals surface area contributed by atoms with Gasteiger partial charge in [-0.3, -0.25) is 4.79 Å². The van der Waals surface area contributed by atoms with Crippen LogP contribution in [0.3, 0.4) is 0 Å². The van der Waals surface area contributed by atoms with Gasteiger partial charge < -0.3 is 24.8 Å². The number of nitrogens with zero attached hydrogens (tertiary/aromatic N) is 5. The van der Waals surface area contributed by atoms with Crippen molar-refractivity contribution in [3.8, 4) is 11.1 Å². The van der Waals surface area contributed by atoms with Gasteiger partial charge in [0.25, 0.3) is 5.91 Å². The highest BCUT2D eigenvalue weighted by Gasteiger charge is 2.33. The van der Waals surface area contributed by atoms with Crippen LogP contribution in [0, 0.1) is 12.7 Å². The third-order valence-corrected chi connectivity index (χ3v) is 7.89. The van der Waals surface area contributed by atoms with Gasteiger partial charge in [-0.25, -0.2) is 14.4 Å². The average Bonchev–Trinajstić information content (AvgIpc) is 3.26. The van der Waals surface area contributed by atoms with Gasteiger partial charge in [-0.2, -0.15) is 0 Å². The maximum atomic E-state index is 13.2. The van der Waals surface area contributed by atoms with E-state index in [1.165, 1.54) is 18.0 Å². The van der Waals surface area contributed by atoms with Crippen molar-refractivity contribution in [3.63, 3.8) is 0 Å². The Morgan fingerprint density at radius 1 is 1.10 bits per heavy atom. The lowest BCUT2D eigenvalue weighted by molar-refractivity contribution is -0.124. The van der Waals surface area contributed by atoms with E-state index in [1.54, 1.807) is 0 Å². The van der Waals surface area contributed by atoms with E-state index in [4.69, 9.17) is 0 Å². The molecule has 2 aliphatic rings. The minimum atomic E-state index is -1.32. The fourth-order valence-electron chi connectivity index (χ4n) is 5.80. The highest BCUT2D eigenvalue weighted by Crippen LogP contribution is 2.36. The van der Waals surface area contributed by atoms with Crippen LogP contribution in [0.15, 0.2) is 67.0 Å². The fraction of sp³-hybridized carbons (Fsp3) is 0.300. The van der Waals surface area contributed by atoms with Crippen molar-refractivity contribution in [2.75, 3.05) is 34.8 Å². The lowest BCUT2D eigenvalue weighted by atomic mass is 9.93. The lowest BCUT2D eigenvalue weighted by Crippen LogP contribution is -2.55. The molecule has 1 amide bonds. The van der Waals surface area contributed by atoms with E-state index in [0.717, 1.165) is 55.0 Å². The number of aliphatic hydroxyl groups is 1. The van der Waals surface area contributed by atoms with Crippen LogP contribution in [0.5, 0.6) is 0 Å². The van der Waals surface area contributed by atoms with Gasteiger partial charge >= 0.3 is 0 Å². The minimum Gasteiger partial charge on any atom is -0.377 e. The standard InChI is InChI=1S/C30H31FN6O2/c1-19-14-25(20-6-4-3-5-7-20)27(35(19)2)28(38)29(39)34-23-9-11-26-21(15-23)8-10-24-18-36(12-13-37(24)26)30-32-16-22(31)17-33-30/h3-7,9,11,14-17,24,28,38H,8,10,12-13,18H2,1-2H3,(H,34,39). The predicted octanol–water partition coefficient (Wildman–Crippen LogP) is 4.24. The molecule has 2 unspecified atom stereocenters. The Morgan fingerprint density at radius 3 is 2.64 bits per heavy atom. The second-order valence-corrected chi connectivity index (χ2v) is 10.3. The van der Waals surface area contributed by atoms with Gasteiger partial charge in [-0.05, 0) is 55.2 Å². The number of amides is 1. The number of hydrogen-bond acceptors (Lipinski definition) is 6. The summed E-state index contributed by atoms with van der Waals surface area (Å²) in [4.78, 5) is 26.0. The molecule has 2 atom stereocenters. The Kier molecular flexibility index (Phi) is 6.52. The summed E-state index contributed by atoms with van der Waals surface area (Å²) >= 11 is 0. The Bertz CT molecular complexity index is 1500. The topological polar surface area (TPSA) is 86.5 Å². The molecular formula is C30H31FN6O2. The average molecular weight is 527 g/mol. The van der Waals surface area contributed by atoms with Crippen molar-refractivity contribution in [3.05, 3.63) is 89.8 Å². The number of aromatic nitrogens is 3. The summed E-state index contributed by atoms with van der Waals surface area (Å²) in [5.41, 5.74) is 6.34. The number of aliphatic hydroxyl groups excluding tert-OH is 1. The molecule has 39 heavy (non-hydrogen) atoms. The molecule has 4 heterocycles. The molecule has 2 aromatic heterocycles. The maximum Gasteiger partial charge on any atom is 0.259 e. The van der Waals surface area contributed by atoms with Crippen molar-refractivity contribution >= 4 is 23.2 Å². The third kappa shape index (κ3) is 4.74. The van der Waals surface area contributed by atoms with Gasteiger partial charge in [0, 0.05) is 55.4 Å². The minimum absolute atomic E-state index is 0.305. The molecule has 200 valence electrons. The van der Waals surface area contributed by atoms with Crippen LogP contribution in [0.1, 0.15) is 29.5 Å². The molecule has 9 heteroatoms. The van der Waals surface area contributed by atoms with Crippen molar-refractivity contribution in [2.24, 2.45) is 7.05 Å². The van der Waals surface area contributed by atoms with Crippen LogP contribution in [0.25, 0.3) is 11.1 Å². The van der Waals surface area contributed by atoms with E-state index in [-0.39, 0.29) is 0 Å². The summed E-state index contributed by atoms with van der Waals surface area (Å²) in [6.07, 6.45) is 2.92. The number of aryl methyl sites for hydroxylation is 2. The number of anilines is 3. The Morgan fingerprint density at radius 2 is 1.87 bits per heavy atom. The molecule has 4 aromatic rings.